The molecule has 6 nitrogen and oxygen atoms in total. The highest BCUT2D eigenvalue weighted by molar-refractivity contribution is 5.91. The molecule has 0 aliphatic carbocycles. The van der Waals surface area contributed by atoms with E-state index in [1.165, 1.54) is 22.9 Å². The topological polar surface area (TPSA) is 67.8 Å². The Morgan fingerprint density at radius 1 is 1.23 bits per heavy atom. The van der Waals surface area contributed by atoms with E-state index in [9.17, 15) is 4.79 Å². The van der Waals surface area contributed by atoms with Crippen molar-refractivity contribution in [1.29, 1.82) is 0 Å². The molecule has 3 rings (SSSR count). The number of benzene rings is 2. The molecule has 166 valence electrons. The molecule has 1 heterocycles. The number of fused-ring (bicyclic) bond motifs is 1. The van der Waals surface area contributed by atoms with Gasteiger partial charge in [0.05, 0.1) is 0 Å². The summed E-state index contributed by atoms with van der Waals surface area (Å²) >= 11 is 0. The van der Waals surface area contributed by atoms with Gasteiger partial charge in [-0.1, -0.05) is 36.4 Å². The van der Waals surface area contributed by atoms with Crippen molar-refractivity contribution >= 4 is 17.7 Å². The van der Waals surface area contributed by atoms with Gasteiger partial charge in [0.1, 0.15) is 0 Å². The van der Waals surface area contributed by atoms with Crippen molar-refractivity contribution < 1.29 is 10.0 Å². The van der Waals surface area contributed by atoms with E-state index in [4.69, 9.17) is 5.21 Å². The van der Waals surface area contributed by atoms with E-state index in [2.05, 4.69) is 71.7 Å². The molecule has 31 heavy (non-hydrogen) atoms. The molecular weight excluding hydrogens is 388 g/mol. The number of amides is 1. The number of likely N-dealkylation sites (N-methyl/N-ethyl adjacent to an activating group) is 1. The number of hydrogen-bond acceptors (Lipinski definition) is 5. The molecule has 0 saturated carbocycles. The number of anilines is 1. The predicted molar refractivity (Wildman–Crippen MR) is 127 cm³/mol. The maximum atomic E-state index is 11.3. The molecule has 1 aliphatic heterocycles. The van der Waals surface area contributed by atoms with Crippen LogP contribution in [0.1, 0.15) is 29.0 Å². The highest BCUT2D eigenvalue weighted by atomic mass is 16.5. The van der Waals surface area contributed by atoms with Crippen molar-refractivity contribution in [2.24, 2.45) is 0 Å². The summed E-state index contributed by atoms with van der Waals surface area (Å²) in [5.41, 5.74) is 6.58. The Balaban J connectivity index is 1.61. The van der Waals surface area contributed by atoms with E-state index in [1.54, 1.807) is 11.6 Å². The molecular formula is C25H34N4O2. The number of nitrogens with zero attached hydrogens (tertiary/aromatic N) is 2. The molecule has 0 radical (unpaired) electrons. The molecule has 3 N–H and O–H groups in total. The first-order valence-corrected chi connectivity index (χ1v) is 11.0. The van der Waals surface area contributed by atoms with E-state index in [0.29, 0.717) is 5.92 Å². The quantitative estimate of drug-likeness (QED) is 0.225. The largest absolute Gasteiger partial charge is 0.369 e. The normalized spacial score (nSPS) is 15.6. The lowest BCUT2D eigenvalue weighted by atomic mass is 9.98. The number of carbonyl (C=O) groups is 1. The van der Waals surface area contributed by atoms with E-state index < -0.39 is 5.91 Å². The lowest BCUT2D eigenvalue weighted by Gasteiger charge is -2.22. The molecule has 2 aromatic rings. The van der Waals surface area contributed by atoms with Gasteiger partial charge >= 0.3 is 0 Å². The third kappa shape index (κ3) is 6.92. The monoisotopic (exact) mass is 422 g/mol. The van der Waals surface area contributed by atoms with E-state index >= 15 is 0 Å². The minimum atomic E-state index is -0.523. The van der Waals surface area contributed by atoms with Gasteiger partial charge in [0.25, 0.3) is 5.91 Å². The van der Waals surface area contributed by atoms with Gasteiger partial charge in [0, 0.05) is 43.9 Å². The Bertz CT molecular complexity index is 867. The van der Waals surface area contributed by atoms with Crippen molar-refractivity contribution in [1.82, 2.24) is 15.7 Å². The van der Waals surface area contributed by atoms with E-state index in [1.807, 2.05) is 6.07 Å². The van der Waals surface area contributed by atoms with Crippen LogP contribution in [0.5, 0.6) is 0 Å². The Morgan fingerprint density at radius 3 is 2.77 bits per heavy atom. The summed E-state index contributed by atoms with van der Waals surface area (Å²) in [5, 5.41) is 12.3. The van der Waals surface area contributed by atoms with Crippen molar-refractivity contribution in [3.63, 3.8) is 0 Å². The fourth-order valence-electron chi connectivity index (χ4n) is 4.01. The van der Waals surface area contributed by atoms with Crippen LogP contribution in [0, 0.1) is 0 Å². The van der Waals surface area contributed by atoms with Gasteiger partial charge in [-0.25, -0.2) is 5.48 Å². The van der Waals surface area contributed by atoms with Crippen LogP contribution < -0.4 is 15.7 Å². The number of nitrogens with one attached hydrogen (secondary N) is 2. The second-order valence-electron chi connectivity index (χ2n) is 8.37. The Kier molecular flexibility index (Phi) is 8.64. The second-order valence-corrected chi connectivity index (χ2v) is 8.37. The molecule has 1 aliphatic rings. The van der Waals surface area contributed by atoms with Gasteiger partial charge in [0.15, 0.2) is 0 Å². The molecule has 0 bridgehead atoms. The van der Waals surface area contributed by atoms with Gasteiger partial charge in [-0.2, -0.15) is 0 Å². The van der Waals surface area contributed by atoms with Gasteiger partial charge in [-0.3, -0.25) is 10.0 Å². The maximum absolute atomic E-state index is 11.3. The third-order valence-corrected chi connectivity index (χ3v) is 5.68. The number of carbonyl (C=O) groups excluding carboxylic acids is 1. The molecule has 1 amide bonds. The van der Waals surface area contributed by atoms with Crippen molar-refractivity contribution in [2.45, 2.75) is 18.8 Å². The molecule has 6 heteroatoms. The average Bonchev–Trinajstić information content (AvgIpc) is 3.13. The van der Waals surface area contributed by atoms with Crippen LogP contribution in [0.4, 0.5) is 5.69 Å². The van der Waals surface area contributed by atoms with Crippen LogP contribution in [0.25, 0.3) is 6.08 Å². The Morgan fingerprint density at radius 2 is 2.03 bits per heavy atom. The Labute approximate surface area is 185 Å². The number of aryl methyl sites for hydroxylation is 1. The summed E-state index contributed by atoms with van der Waals surface area (Å²) in [7, 11) is 4.20. The average molecular weight is 423 g/mol. The molecule has 1 unspecified atom stereocenters. The molecule has 0 saturated heterocycles. The van der Waals surface area contributed by atoms with E-state index in [-0.39, 0.29) is 0 Å². The smallest absolute Gasteiger partial charge is 0.267 e. The highest BCUT2D eigenvalue weighted by Gasteiger charge is 2.28. The summed E-state index contributed by atoms with van der Waals surface area (Å²) in [5.74, 6) is -0.112. The minimum absolute atomic E-state index is 0.411. The standard InChI is InChI=1S/C25H34N4O2/c1-28(2)15-16-29-19-22(18-26-14-6-9-20-7-4-3-5-8-20)23-17-21(10-12-24(23)29)11-13-25(30)27-31/h3-5,7-8,10-13,17,22,26,31H,6,9,14-16,18-19H2,1-2H3,(H,27,30)/b13-11+. The summed E-state index contributed by atoms with van der Waals surface area (Å²) in [6, 6.07) is 17.0. The molecule has 0 fully saturated rings. The van der Waals surface area contributed by atoms with Crippen LogP contribution in [0.3, 0.4) is 0 Å². The van der Waals surface area contributed by atoms with Crippen molar-refractivity contribution in [3.8, 4) is 0 Å². The molecule has 0 spiro atoms. The zero-order chi connectivity index (χ0) is 22.1. The Hall–Kier alpha value is -2.67. The molecule has 1 atom stereocenters. The lowest BCUT2D eigenvalue weighted by molar-refractivity contribution is -0.124. The van der Waals surface area contributed by atoms with Crippen LogP contribution in [0.2, 0.25) is 0 Å². The lowest BCUT2D eigenvalue weighted by Crippen LogP contribution is -2.32. The van der Waals surface area contributed by atoms with Crippen molar-refractivity contribution in [3.05, 3.63) is 71.3 Å². The second kappa shape index (κ2) is 11.6. The zero-order valence-corrected chi connectivity index (χ0v) is 18.6. The van der Waals surface area contributed by atoms with Crippen molar-refractivity contribution in [2.75, 3.05) is 51.7 Å². The first-order valence-electron chi connectivity index (χ1n) is 11.0. The summed E-state index contributed by atoms with van der Waals surface area (Å²) in [6.07, 6.45) is 5.29. The molecule has 2 aromatic carbocycles. The van der Waals surface area contributed by atoms with Crippen LogP contribution in [0.15, 0.2) is 54.6 Å². The SMILES string of the molecule is CN(C)CCN1CC(CNCCCc2ccccc2)c2cc(/C=C/C(=O)NO)ccc21. The molecule has 0 aromatic heterocycles. The minimum Gasteiger partial charge on any atom is -0.369 e. The number of hydrogen-bond donors (Lipinski definition) is 3. The summed E-state index contributed by atoms with van der Waals surface area (Å²) in [6.45, 7) is 4.93. The fraction of sp³-hybridized carbons (Fsp3) is 0.400. The summed E-state index contributed by atoms with van der Waals surface area (Å²) < 4.78 is 0. The maximum Gasteiger partial charge on any atom is 0.267 e. The first-order chi connectivity index (χ1) is 15.1. The predicted octanol–water partition coefficient (Wildman–Crippen LogP) is 2.89. The van der Waals surface area contributed by atoms with E-state index in [0.717, 1.165) is 51.1 Å². The third-order valence-electron chi connectivity index (χ3n) is 5.68. The van der Waals surface area contributed by atoms with Crippen LogP contribution >= 0.6 is 0 Å². The van der Waals surface area contributed by atoms with Gasteiger partial charge in [-0.15, -0.1) is 0 Å². The zero-order valence-electron chi connectivity index (χ0n) is 18.6. The summed E-state index contributed by atoms with van der Waals surface area (Å²) in [4.78, 5) is 16.0. The number of hydroxylamine groups is 1. The van der Waals surface area contributed by atoms with Gasteiger partial charge in [0.2, 0.25) is 0 Å². The highest BCUT2D eigenvalue weighted by Crippen LogP contribution is 2.36. The van der Waals surface area contributed by atoms with Gasteiger partial charge in [-0.05, 0) is 68.4 Å². The first kappa shape index (κ1) is 23.0. The van der Waals surface area contributed by atoms with Crippen LogP contribution in [-0.2, 0) is 11.2 Å². The van der Waals surface area contributed by atoms with Crippen LogP contribution in [-0.4, -0.2) is 62.8 Å². The fourth-order valence-corrected chi connectivity index (χ4v) is 4.01. The number of rotatable bonds is 11. The van der Waals surface area contributed by atoms with Gasteiger partial charge < -0.3 is 15.1 Å².